The maximum Gasteiger partial charge on any atom is 0.340 e. The molecule has 47 heavy (non-hydrogen) atoms. The molecule has 0 spiro atoms. The number of para-hydroxylation sites is 1. The fourth-order valence-electron chi connectivity index (χ4n) is 6.11. The maximum atomic E-state index is 13.7. The normalized spacial score (nSPS) is 12.5. The summed E-state index contributed by atoms with van der Waals surface area (Å²) in [6, 6.07) is 14.8. The first-order valence-electron chi connectivity index (χ1n) is 14.8. The highest BCUT2D eigenvalue weighted by Gasteiger charge is 2.33. The zero-order valence-electron chi connectivity index (χ0n) is 25.4. The molecular formula is C34H29N5O8. The van der Waals surface area contributed by atoms with Crippen LogP contribution < -0.4 is 21.3 Å². The van der Waals surface area contributed by atoms with Gasteiger partial charge in [-0.2, -0.15) is 0 Å². The molecule has 3 aromatic heterocycles. The number of hydrogen-bond donors (Lipinski definition) is 5. The molecule has 1 aliphatic rings. The molecule has 0 fully saturated rings. The number of carbonyl (C=O) groups is 4. The molecule has 1 aliphatic heterocycles. The molecule has 0 radical (unpaired) electrons. The molecule has 6 N–H and O–H groups in total. The first kappa shape index (κ1) is 29.6. The van der Waals surface area contributed by atoms with Crippen LogP contribution in [-0.4, -0.2) is 54.0 Å². The highest BCUT2D eigenvalue weighted by atomic mass is 16.5. The Kier molecular flexibility index (Phi) is 7.17. The number of H-pyrrole nitrogens is 1. The number of furan rings is 2. The van der Waals surface area contributed by atoms with Gasteiger partial charge in [0, 0.05) is 53.1 Å². The summed E-state index contributed by atoms with van der Waals surface area (Å²) < 4.78 is 16.7. The van der Waals surface area contributed by atoms with E-state index < -0.39 is 17.8 Å². The second kappa shape index (κ2) is 11.4. The number of nitrogens with two attached hydrogens (primary N) is 1. The summed E-state index contributed by atoms with van der Waals surface area (Å²) in [7, 11) is 1.29. The van der Waals surface area contributed by atoms with Crippen molar-refractivity contribution in [2.24, 2.45) is 5.73 Å². The van der Waals surface area contributed by atoms with Crippen LogP contribution in [-0.2, 0) is 16.0 Å². The number of fused-ring (bicyclic) bond motifs is 5. The number of rotatable bonds is 7. The Morgan fingerprint density at radius 2 is 1.83 bits per heavy atom. The average molecular weight is 636 g/mol. The summed E-state index contributed by atoms with van der Waals surface area (Å²) in [5, 5.41) is 18.1. The van der Waals surface area contributed by atoms with Gasteiger partial charge < -0.3 is 44.9 Å². The highest BCUT2D eigenvalue weighted by Crippen LogP contribution is 2.42. The molecule has 0 saturated heterocycles. The number of phenols is 1. The number of methoxy groups -OCH3 is 1. The van der Waals surface area contributed by atoms with Crippen LogP contribution in [0.15, 0.2) is 63.4 Å². The van der Waals surface area contributed by atoms with Crippen molar-refractivity contribution < 1.29 is 37.9 Å². The van der Waals surface area contributed by atoms with E-state index in [0.717, 1.165) is 5.56 Å². The van der Waals surface area contributed by atoms with Crippen LogP contribution in [0.25, 0.3) is 32.8 Å². The van der Waals surface area contributed by atoms with E-state index in [4.69, 9.17) is 19.3 Å². The molecule has 13 nitrogen and oxygen atoms in total. The predicted molar refractivity (Wildman–Crippen MR) is 174 cm³/mol. The second-order valence-corrected chi connectivity index (χ2v) is 11.2. The van der Waals surface area contributed by atoms with Gasteiger partial charge in [0.1, 0.15) is 11.3 Å². The predicted octanol–water partition coefficient (Wildman–Crippen LogP) is 5.20. The van der Waals surface area contributed by atoms with E-state index in [0.29, 0.717) is 74.1 Å². The van der Waals surface area contributed by atoms with Crippen LogP contribution in [0.1, 0.15) is 49.1 Å². The third-order valence-corrected chi connectivity index (χ3v) is 8.24. The number of amides is 3. The number of anilines is 3. The van der Waals surface area contributed by atoms with Gasteiger partial charge in [0.15, 0.2) is 17.1 Å². The first-order valence-corrected chi connectivity index (χ1v) is 14.8. The molecular weight excluding hydrogens is 606 g/mol. The van der Waals surface area contributed by atoms with Crippen LogP contribution in [0.2, 0.25) is 0 Å². The van der Waals surface area contributed by atoms with Gasteiger partial charge >= 0.3 is 5.97 Å². The zero-order chi connectivity index (χ0) is 33.0. The fraction of sp³-hybridized carbons (Fsp3) is 0.176. The minimum atomic E-state index is -0.539. The van der Waals surface area contributed by atoms with Gasteiger partial charge in [0.2, 0.25) is 5.91 Å². The van der Waals surface area contributed by atoms with Gasteiger partial charge in [-0.05, 0) is 55.3 Å². The maximum absolute atomic E-state index is 13.7. The lowest BCUT2D eigenvalue weighted by atomic mass is 10.0. The minimum absolute atomic E-state index is 0.0433. The Morgan fingerprint density at radius 3 is 2.62 bits per heavy atom. The minimum Gasteiger partial charge on any atom is -0.506 e. The van der Waals surface area contributed by atoms with Crippen LogP contribution in [0.3, 0.4) is 0 Å². The Balaban J connectivity index is 1.13. The number of nitrogens with one attached hydrogen (secondary N) is 3. The van der Waals surface area contributed by atoms with Crippen molar-refractivity contribution in [3.05, 3.63) is 82.9 Å². The number of aromatic hydroxyl groups is 1. The van der Waals surface area contributed by atoms with Crippen LogP contribution >= 0.6 is 0 Å². The number of benzene rings is 3. The Hall–Kier alpha value is -6.08. The number of carbonyl (C=O) groups excluding carboxylic acids is 4. The monoisotopic (exact) mass is 635 g/mol. The van der Waals surface area contributed by atoms with E-state index >= 15 is 0 Å². The highest BCUT2D eigenvalue weighted by molar-refractivity contribution is 6.14. The van der Waals surface area contributed by atoms with E-state index in [2.05, 4.69) is 15.6 Å². The van der Waals surface area contributed by atoms with Crippen molar-refractivity contribution in [2.45, 2.75) is 19.8 Å². The third-order valence-electron chi connectivity index (χ3n) is 8.24. The molecule has 6 aromatic rings. The summed E-state index contributed by atoms with van der Waals surface area (Å²) in [4.78, 5) is 56.0. The number of nitrogens with zero attached hydrogens (tertiary/aromatic N) is 1. The molecule has 238 valence electrons. The molecule has 7 rings (SSSR count). The quantitative estimate of drug-likeness (QED) is 0.147. The molecule has 0 unspecified atom stereocenters. The summed E-state index contributed by atoms with van der Waals surface area (Å²) in [5.74, 6) is -1.72. The van der Waals surface area contributed by atoms with Gasteiger partial charge in [-0.25, -0.2) is 4.79 Å². The summed E-state index contributed by atoms with van der Waals surface area (Å²) in [5.41, 5.74) is 9.64. The van der Waals surface area contributed by atoms with E-state index in [1.165, 1.54) is 18.1 Å². The van der Waals surface area contributed by atoms with Gasteiger partial charge in [0.25, 0.3) is 11.8 Å². The van der Waals surface area contributed by atoms with Crippen molar-refractivity contribution in [2.75, 3.05) is 35.7 Å². The van der Waals surface area contributed by atoms with Gasteiger partial charge in [-0.1, -0.05) is 12.1 Å². The van der Waals surface area contributed by atoms with Crippen LogP contribution in [0, 0.1) is 6.92 Å². The Bertz CT molecular complexity index is 2280. The SMILES string of the molecule is COC(=O)c1c(C)[nH]c2c(O)cc3c(c12)CCN3C(=O)c1cc2cc(NC(=O)c3cc4cccc(NC(=O)CCN)c4o3)ccc2o1. The number of esters is 1. The summed E-state index contributed by atoms with van der Waals surface area (Å²) >= 11 is 0. The fourth-order valence-corrected chi connectivity index (χ4v) is 6.11. The summed E-state index contributed by atoms with van der Waals surface area (Å²) in [6.45, 7) is 2.24. The standard InChI is InChI=1S/C34H29N5O8/c1-16-28(34(44)45-2)29-20-9-11-39(22(20)15-23(40)30(29)36-16)33(43)26-14-18-12-19(6-7-24(18)46-26)37-32(42)25-13-17-4-3-5-21(31(17)47-25)38-27(41)8-10-35/h3-7,12-15,36,40H,8-11,35H2,1-2H3,(H,37,42)(H,38,41). The zero-order valence-corrected chi connectivity index (χ0v) is 25.4. The van der Waals surface area contributed by atoms with Gasteiger partial charge in [-0.15, -0.1) is 0 Å². The smallest absolute Gasteiger partial charge is 0.340 e. The molecule has 4 heterocycles. The Labute approximate surface area is 266 Å². The number of phenolic OH excluding ortho intramolecular Hbond substituents is 1. The number of aromatic nitrogens is 1. The molecule has 0 bridgehead atoms. The molecule has 13 heteroatoms. The molecule has 3 aromatic carbocycles. The third kappa shape index (κ3) is 5.02. The topological polar surface area (TPSA) is 193 Å². The van der Waals surface area contributed by atoms with Crippen LogP contribution in [0.5, 0.6) is 5.75 Å². The van der Waals surface area contributed by atoms with Gasteiger partial charge in [-0.3, -0.25) is 14.4 Å². The lowest BCUT2D eigenvalue weighted by molar-refractivity contribution is -0.116. The number of hydrogen-bond acceptors (Lipinski definition) is 9. The van der Waals surface area contributed by atoms with E-state index in [1.54, 1.807) is 55.5 Å². The molecule has 3 amide bonds. The van der Waals surface area contributed by atoms with Crippen molar-refractivity contribution in [1.29, 1.82) is 0 Å². The lowest BCUT2D eigenvalue weighted by Crippen LogP contribution is -2.28. The van der Waals surface area contributed by atoms with E-state index in [-0.39, 0.29) is 36.1 Å². The largest absolute Gasteiger partial charge is 0.506 e. The summed E-state index contributed by atoms with van der Waals surface area (Å²) in [6.07, 6.45) is 0.608. The van der Waals surface area contributed by atoms with E-state index in [1.807, 2.05) is 0 Å². The average Bonchev–Trinajstić information content (AvgIpc) is 3.84. The number of ether oxygens (including phenoxy) is 1. The molecule has 0 aliphatic carbocycles. The first-order chi connectivity index (χ1) is 22.7. The van der Waals surface area contributed by atoms with Crippen molar-refractivity contribution in [1.82, 2.24) is 4.98 Å². The van der Waals surface area contributed by atoms with E-state index in [9.17, 15) is 24.3 Å². The van der Waals surface area contributed by atoms with Crippen molar-refractivity contribution >= 4 is 73.6 Å². The van der Waals surface area contributed by atoms with Gasteiger partial charge in [0.05, 0.1) is 29.6 Å². The lowest BCUT2D eigenvalue weighted by Gasteiger charge is -2.16. The second-order valence-electron chi connectivity index (χ2n) is 11.2. The number of aromatic amines is 1. The van der Waals surface area contributed by atoms with Crippen molar-refractivity contribution in [3.8, 4) is 5.75 Å². The molecule has 0 saturated carbocycles. The van der Waals surface area contributed by atoms with Crippen LogP contribution in [0.4, 0.5) is 17.1 Å². The number of aryl methyl sites for hydroxylation is 1. The van der Waals surface area contributed by atoms with Crippen molar-refractivity contribution in [3.63, 3.8) is 0 Å². The Morgan fingerprint density at radius 1 is 1.02 bits per heavy atom. The molecule has 0 atom stereocenters.